The van der Waals surface area contributed by atoms with E-state index in [1.54, 1.807) is 7.11 Å². The van der Waals surface area contributed by atoms with Crippen LogP contribution in [0.25, 0.3) is 0 Å². The number of carbonyl (C=O) groups is 1. The number of carbonyl (C=O) groups excluding carboxylic acids is 1. The first-order valence-corrected chi connectivity index (χ1v) is 8.58. The topological polar surface area (TPSA) is 47.6 Å². The van der Waals surface area contributed by atoms with Gasteiger partial charge in [0, 0.05) is 11.0 Å². The van der Waals surface area contributed by atoms with Crippen LogP contribution in [0.4, 0.5) is 0 Å². The first-order chi connectivity index (χ1) is 11.5. The monoisotopic (exact) mass is 391 g/mol. The summed E-state index contributed by atoms with van der Waals surface area (Å²) in [4.78, 5) is 11.9. The van der Waals surface area contributed by atoms with E-state index in [1.807, 2.05) is 50.2 Å². The molecular formula is C19H22BrNO3. The summed E-state index contributed by atoms with van der Waals surface area (Å²) in [5, 5.41) is 2.87. The number of methoxy groups -OCH3 is 1. The zero-order valence-corrected chi connectivity index (χ0v) is 15.8. The van der Waals surface area contributed by atoms with Gasteiger partial charge in [0.25, 0.3) is 5.91 Å². The first kappa shape index (κ1) is 18.3. The van der Waals surface area contributed by atoms with E-state index in [9.17, 15) is 4.79 Å². The average molecular weight is 392 g/mol. The molecular weight excluding hydrogens is 370 g/mol. The Morgan fingerprint density at radius 3 is 2.50 bits per heavy atom. The first-order valence-electron chi connectivity index (χ1n) is 7.79. The number of halogens is 1. The van der Waals surface area contributed by atoms with Crippen LogP contribution < -0.4 is 14.8 Å². The fourth-order valence-corrected chi connectivity index (χ4v) is 2.70. The highest BCUT2D eigenvalue weighted by Crippen LogP contribution is 2.26. The van der Waals surface area contributed by atoms with Gasteiger partial charge in [-0.25, -0.2) is 0 Å². The van der Waals surface area contributed by atoms with Crippen LogP contribution in [0.5, 0.6) is 11.5 Å². The van der Waals surface area contributed by atoms with Gasteiger partial charge in [-0.2, -0.15) is 0 Å². The van der Waals surface area contributed by atoms with E-state index >= 15 is 0 Å². The molecule has 2 aromatic carbocycles. The molecule has 0 atom stereocenters. The molecule has 0 aromatic heterocycles. The molecule has 2 aromatic rings. The maximum atomic E-state index is 11.9. The molecule has 0 aliphatic carbocycles. The molecule has 4 nitrogen and oxygen atoms in total. The van der Waals surface area contributed by atoms with Gasteiger partial charge in [-0.3, -0.25) is 4.79 Å². The molecule has 0 bridgehead atoms. The van der Waals surface area contributed by atoms with Crippen LogP contribution in [0.3, 0.4) is 0 Å². The predicted molar refractivity (Wildman–Crippen MR) is 98.8 cm³/mol. The van der Waals surface area contributed by atoms with Crippen LogP contribution in [0, 0.1) is 13.8 Å². The van der Waals surface area contributed by atoms with Crippen LogP contribution in [-0.2, 0) is 11.2 Å². The number of ether oxygens (including phenoxy) is 2. The fourth-order valence-electron chi connectivity index (χ4n) is 2.24. The average Bonchev–Trinajstić information content (AvgIpc) is 2.57. The number of hydrogen-bond acceptors (Lipinski definition) is 3. The third-order valence-corrected chi connectivity index (χ3v) is 4.56. The highest BCUT2D eigenvalue weighted by molar-refractivity contribution is 9.10. The van der Waals surface area contributed by atoms with Gasteiger partial charge in [0.1, 0.15) is 11.5 Å². The van der Waals surface area contributed by atoms with Crippen molar-refractivity contribution in [3.63, 3.8) is 0 Å². The minimum atomic E-state index is -0.122. The minimum absolute atomic E-state index is 0.0184. The van der Waals surface area contributed by atoms with Gasteiger partial charge in [-0.15, -0.1) is 0 Å². The lowest BCUT2D eigenvalue weighted by atomic mass is 10.1. The molecule has 1 amide bonds. The summed E-state index contributed by atoms with van der Waals surface area (Å²) >= 11 is 3.48. The second-order valence-electron chi connectivity index (χ2n) is 5.60. The SMILES string of the molecule is COc1ccc(CCNC(=O)COc2cc(C)c(Br)cc2C)cc1. The van der Waals surface area contributed by atoms with E-state index in [4.69, 9.17) is 9.47 Å². The normalized spacial score (nSPS) is 10.3. The van der Waals surface area contributed by atoms with E-state index in [-0.39, 0.29) is 12.5 Å². The Morgan fingerprint density at radius 1 is 1.12 bits per heavy atom. The standard InChI is InChI=1S/C19H22BrNO3/c1-13-11-18(14(2)10-17(13)20)24-12-19(22)21-9-8-15-4-6-16(23-3)7-5-15/h4-7,10-11H,8-9,12H2,1-3H3,(H,21,22). The van der Waals surface area contributed by atoms with Gasteiger partial charge >= 0.3 is 0 Å². The largest absolute Gasteiger partial charge is 0.497 e. The van der Waals surface area contributed by atoms with Crippen molar-refractivity contribution in [2.75, 3.05) is 20.3 Å². The number of amides is 1. The Labute approximate surface area is 151 Å². The van der Waals surface area contributed by atoms with Gasteiger partial charge < -0.3 is 14.8 Å². The van der Waals surface area contributed by atoms with E-state index in [1.165, 1.54) is 0 Å². The summed E-state index contributed by atoms with van der Waals surface area (Å²) in [5.74, 6) is 1.45. The Hall–Kier alpha value is -2.01. The molecule has 24 heavy (non-hydrogen) atoms. The van der Waals surface area contributed by atoms with Gasteiger partial charge in [-0.05, 0) is 61.2 Å². The second kappa shape index (κ2) is 8.73. The maximum Gasteiger partial charge on any atom is 0.257 e. The molecule has 128 valence electrons. The van der Waals surface area contributed by atoms with Gasteiger partial charge in [0.2, 0.25) is 0 Å². The van der Waals surface area contributed by atoms with Crippen molar-refractivity contribution in [1.82, 2.24) is 5.32 Å². The summed E-state index contributed by atoms with van der Waals surface area (Å²) in [6.07, 6.45) is 0.770. The summed E-state index contributed by atoms with van der Waals surface area (Å²) < 4.78 is 11.8. The summed E-state index contributed by atoms with van der Waals surface area (Å²) in [5.41, 5.74) is 3.23. The highest BCUT2D eigenvalue weighted by atomic mass is 79.9. The van der Waals surface area contributed by atoms with Crippen LogP contribution in [-0.4, -0.2) is 26.2 Å². The predicted octanol–water partition coefficient (Wildman–Crippen LogP) is 3.81. The molecule has 0 saturated heterocycles. The van der Waals surface area contributed by atoms with E-state index in [0.29, 0.717) is 6.54 Å². The molecule has 1 N–H and O–H groups in total. The number of benzene rings is 2. The van der Waals surface area contributed by atoms with Crippen molar-refractivity contribution in [3.05, 3.63) is 57.6 Å². The van der Waals surface area contributed by atoms with Crippen molar-refractivity contribution < 1.29 is 14.3 Å². The molecule has 0 aliphatic heterocycles. The lowest BCUT2D eigenvalue weighted by Crippen LogP contribution is -2.30. The van der Waals surface area contributed by atoms with Gasteiger partial charge in [-0.1, -0.05) is 28.1 Å². The third kappa shape index (κ3) is 5.27. The van der Waals surface area contributed by atoms with E-state index in [0.717, 1.165) is 39.1 Å². The maximum absolute atomic E-state index is 11.9. The van der Waals surface area contributed by atoms with Crippen molar-refractivity contribution in [2.45, 2.75) is 20.3 Å². The quantitative estimate of drug-likeness (QED) is 0.780. The van der Waals surface area contributed by atoms with Crippen molar-refractivity contribution >= 4 is 21.8 Å². The van der Waals surface area contributed by atoms with Gasteiger partial charge in [0.05, 0.1) is 7.11 Å². The van der Waals surface area contributed by atoms with Gasteiger partial charge in [0.15, 0.2) is 6.61 Å². The minimum Gasteiger partial charge on any atom is -0.497 e. The van der Waals surface area contributed by atoms with Crippen molar-refractivity contribution in [2.24, 2.45) is 0 Å². The summed E-state index contributed by atoms with van der Waals surface area (Å²) in [6, 6.07) is 11.7. The second-order valence-corrected chi connectivity index (χ2v) is 6.46. The van der Waals surface area contributed by atoms with Crippen LogP contribution >= 0.6 is 15.9 Å². The van der Waals surface area contributed by atoms with Crippen molar-refractivity contribution in [3.8, 4) is 11.5 Å². The molecule has 0 fully saturated rings. The molecule has 0 saturated carbocycles. The van der Waals surface area contributed by atoms with Crippen molar-refractivity contribution in [1.29, 1.82) is 0 Å². The number of aryl methyl sites for hydroxylation is 2. The lowest BCUT2D eigenvalue weighted by Gasteiger charge is -2.11. The molecule has 0 unspecified atom stereocenters. The van der Waals surface area contributed by atoms with E-state index in [2.05, 4.69) is 21.2 Å². The Kier molecular flexibility index (Phi) is 6.67. The van der Waals surface area contributed by atoms with Crippen LogP contribution in [0.2, 0.25) is 0 Å². The molecule has 0 radical (unpaired) electrons. The molecule has 0 spiro atoms. The molecule has 0 aliphatic rings. The number of nitrogens with one attached hydrogen (secondary N) is 1. The Morgan fingerprint density at radius 2 is 1.83 bits per heavy atom. The lowest BCUT2D eigenvalue weighted by molar-refractivity contribution is -0.123. The summed E-state index contributed by atoms with van der Waals surface area (Å²) in [7, 11) is 1.64. The Balaban J connectivity index is 1.76. The summed E-state index contributed by atoms with van der Waals surface area (Å²) in [6.45, 7) is 4.55. The highest BCUT2D eigenvalue weighted by Gasteiger charge is 2.07. The van der Waals surface area contributed by atoms with E-state index < -0.39 is 0 Å². The zero-order valence-electron chi connectivity index (χ0n) is 14.2. The molecule has 5 heteroatoms. The number of hydrogen-bond donors (Lipinski definition) is 1. The molecule has 0 heterocycles. The van der Waals surface area contributed by atoms with Crippen LogP contribution in [0.1, 0.15) is 16.7 Å². The van der Waals surface area contributed by atoms with Crippen LogP contribution in [0.15, 0.2) is 40.9 Å². The zero-order chi connectivity index (χ0) is 17.5. The smallest absolute Gasteiger partial charge is 0.257 e. The number of rotatable bonds is 7. The fraction of sp³-hybridized carbons (Fsp3) is 0.316. The Bertz CT molecular complexity index is 699. The third-order valence-electron chi connectivity index (χ3n) is 3.71. The molecule has 2 rings (SSSR count).